The molecule has 1 aromatic heterocycles. The number of rotatable bonds is 2. The first kappa shape index (κ1) is 21.4. The third-order valence-corrected chi connectivity index (χ3v) is 5.34. The third-order valence-electron chi connectivity index (χ3n) is 5.12. The van der Waals surface area contributed by atoms with Gasteiger partial charge in [-0.15, -0.1) is 0 Å². The van der Waals surface area contributed by atoms with Crippen LogP contribution in [0.5, 0.6) is 0 Å². The van der Waals surface area contributed by atoms with Crippen molar-refractivity contribution >= 4 is 34.8 Å². The van der Waals surface area contributed by atoms with E-state index in [2.05, 4.69) is 4.98 Å². The number of fused-ring (bicyclic) bond motifs is 1. The van der Waals surface area contributed by atoms with Gasteiger partial charge in [-0.1, -0.05) is 23.7 Å². The van der Waals surface area contributed by atoms with Crippen molar-refractivity contribution in [2.45, 2.75) is 39.3 Å². The first-order valence-electron chi connectivity index (χ1n) is 10.2. The maximum atomic E-state index is 13.4. The number of oxazole rings is 1. The fourth-order valence-corrected chi connectivity index (χ4v) is 3.90. The average Bonchev–Trinajstić information content (AvgIpc) is 3.10. The molecule has 31 heavy (non-hydrogen) atoms. The molecule has 0 bridgehead atoms. The lowest BCUT2D eigenvalue weighted by Crippen LogP contribution is -2.54. The van der Waals surface area contributed by atoms with Crippen LogP contribution in [0.1, 0.15) is 27.7 Å². The van der Waals surface area contributed by atoms with E-state index < -0.39 is 5.60 Å². The summed E-state index contributed by atoms with van der Waals surface area (Å²) in [6, 6.07) is 10.2. The lowest BCUT2D eigenvalue weighted by molar-refractivity contribution is 0.0216. The summed E-state index contributed by atoms with van der Waals surface area (Å²) in [5.74, 6) is -0.308. The van der Waals surface area contributed by atoms with Gasteiger partial charge in [0.25, 0.3) is 6.01 Å². The number of ether oxygens (including phenoxy) is 1. The van der Waals surface area contributed by atoms with E-state index in [0.717, 1.165) is 11.1 Å². The van der Waals surface area contributed by atoms with Crippen molar-refractivity contribution in [2.75, 3.05) is 24.5 Å². The summed E-state index contributed by atoms with van der Waals surface area (Å²) < 4.78 is 25.0. The second-order valence-electron chi connectivity index (χ2n) is 8.77. The Balaban J connectivity index is 1.60. The molecule has 8 heteroatoms. The van der Waals surface area contributed by atoms with Crippen LogP contribution in [0.25, 0.3) is 22.2 Å². The Morgan fingerprint density at radius 3 is 2.58 bits per heavy atom. The zero-order chi connectivity index (χ0) is 22.3. The molecule has 0 saturated carbocycles. The number of anilines is 1. The van der Waals surface area contributed by atoms with E-state index in [4.69, 9.17) is 20.8 Å². The van der Waals surface area contributed by atoms with E-state index in [1.165, 1.54) is 12.1 Å². The van der Waals surface area contributed by atoms with Gasteiger partial charge in [0.15, 0.2) is 5.58 Å². The molecule has 1 aliphatic rings. The van der Waals surface area contributed by atoms with Crippen molar-refractivity contribution in [3.63, 3.8) is 0 Å². The van der Waals surface area contributed by atoms with Crippen LogP contribution in [-0.4, -0.2) is 47.3 Å². The second kappa shape index (κ2) is 8.04. The normalized spacial score (nSPS) is 17.3. The number of halogens is 2. The molecular weight excluding hydrogens is 421 g/mol. The summed E-state index contributed by atoms with van der Waals surface area (Å²) in [5.41, 5.74) is 2.23. The summed E-state index contributed by atoms with van der Waals surface area (Å²) in [6.07, 6.45) is -0.318. The highest BCUT2D eigenvalue weighted by molar-refractivity contribution is 6.31. The van der Waals surface area contributed by atoms with Crippen molar-refractivity contribution in [3.8, 4) is 11.1 Å². The highest BCUT2D eigenvalue weighted by Gasteiger charge is 2.32. The molecule has 0 aliphatic carbocycles. The van der Waals surface area contributed by atoms with Crippen molar-refractivity contribution in [1.82, 2.24) is 9.88 Å². The van der Waals surface area contributed by atoms with Crippen LogP contribution in [0.4, 0.5) is 15.2 Å². The Morgan fingerprint density at radius 1 is 1.23 bits per heavy atom. The number of benzene rings is 2. The van der Waals surface area contributed by atoms with Gasteiger partial charge in [0.1, 0.15) is 16.9 Å². The zero-order valence-corrected chi connectivity index (χ0v) is 18.7. The predicted molar refractivity (Wildman–Crippen MR) is 119 cm³/mol. The zero-order valence-electron chi connectivity index (χ0n) is 18.0. The van der Waals surface area contributed by atoms with Crippen molar-refractivity contribution in [2.24, 2.45) is 0 Å². The van der Waals surface area contributed by atoms with Gasteiger partial charge in [0.05, 0.1) is 0 Å². The molecule has 1 fully saturated rings. The molecule has 1 amide bonds. The molecule has 0 unspecified atom stereocenters. The summed E-state index contributed by atoms with van der Waals surface area (Å²) in [7, 11) is 0. The Morgan fingerprint density at radius 2 is 1.94 bits per heavy atom. The van der Waals surface area contributed by atoms with Gasteiger partial charge < -0.3 is 19.0 Å². The minimum absolute atomic E-state index is 0.0147. The smallest absolute Gasteiger partial charge is 0.410 e. The topological polar surface area (TPSA) is 58.8 Å². The molecule has 2 heterocycles. The van der Waals surface area contributed by atoms with Crippen molar-refractivity contribution in [3.05, 3.63) is 47.2 Å². The van der Waals surface area contributed by atoms with Crippen LogP contribution in [0.15, 0.2) is 40.8 Å². The summed E-state index contributed by atoms with van der Waals surface area (Å²) >= 11 is 6.31. The van der Waals surface area contributed by atoms with E-state index in [1.54, 1.807) is 29.2 Å². The number of carbonyl (C=O) groups excluding carboxylic acids is 1. The Labute approximate surface area is 185 Å². The molecule has 3 aromatic rings. The highest BCUT2D eigenvalue weighted by atomic mass is 35.5. The van der Waals surface area contributed by atoms with Gasteiger partial charge >= 0.3 is 6.09 Å². The Kier molecular flexibility index (Phi) is 5.56. The minimum atomic E-state index is -0.534. The Bertz CT molecular complexity index is 1110. The molecule has 1 aliphatic heterocycles. The van der Waals surface area contributed by atoms with Crippen LogP contribution >= 0.6 is 11.6 Å². The van der Waals surface area contributed by atoms with Gasteiger partial charge in [0.2, 0.25) is 0 Å². The Hall–Kier alpha value is -2.80. The number of carbonyl (C=O) groups is 1. The number of aromatic nitrogens is 1. The van der Waals surface area contributed by atoms with Gasteiger partial charge in [-0.25, -0.2) is 9.18 Å². The molecule has 164 valence electrons. The summed E-state index contributed by atoms with van der Waals surface area (Å²) in [6.45, 7) is 9.14. The lowest BCUT2D eigenvalue weighted by atomic mass is 10.0. The number of amides is 1. The highest BCUT2D eigenvalue weighted by Crippen LogP contribution is 2.35. The number of hydrogen-bond acceptors (Lipinski definition) is 5. The first-order chi connectivity index (χ1) is 14.6. The molecule has 0 spiro atoms. The van der Waals surface area contributed by atoms with Crippen molar-refractivity contribution in [1.29, 1.82) is 0 Å². The SMILES string of the molecule is C[C@H]1CN(C(=O)OC(C)(C)C)CCN1c1nc2cc(Cl)cc(-c3ccc(F)cc3)c2o1. The number of nitrogens with zero attached hydrogens (tertiary/aromatic N) is 3. The van der Waals surface area contributed by atoms with Gasteiger partial charge in [-0.3, -0.25) is 0 Å². The van der Waals surface area contributed by atoms with E-state index in [-0.39, 0.29) is 18.0 Å². The molecule has 1 saturated heterocycles. The minimum Gasteiger partial charge on any atom is -0.444 e. The summed E-state index contributed by atoms with van der Waals surface area (Å²) in [5, 5.41) is 0.523. The van der Waals surface area contributed by atoms with Crippen LogP contribution < -0.4 is 4.90 Å². The van der Waals surface area contributed by atoms with Gasteiger partial charge in [0, 0.05) is 36.3 Å². The lowest BCUT2D eigenvalue weighted by Gasteiger charge is -2.39. The quantitative estimate of drug-likeness (QED) is 0.504. The maximum Gasteiger partial charge on any atom is 0.410 e. The largest absolute Gasteiger partial charge is 0.444 e. The van der Waals surface area contributed by atoms with Crippen LogP contribution in [0, 0.1) is 5.82 Å². The van der Waals surface area contributed by atoms with E-state index in [9.17, 15) is 9.18 Å². The third kappa shape index (κ3) is 4.61. The van der Waals surface area contributed by atoms with E-state index >= 15 is 0 Å². The fourth-order valence-electron chi connectivity index (χ4n) is 3.69. The van der Waals surface area contributed by atoms with Crippen LogP contribution in [-0.2, 0) is 4.74 Å². The van der Waals surface area contributed by atoms with E-state index in [0.29, 0.717) is 41.8 Å². The molecule has 0 radical (unpaired) electrons. The number of hydrogen-bond donors (Lipinski definition) is 0. The standard InChI is InChI=1S/C23H25ClFN3O3/c1-14-13-27(22(29)31-23(2,3)4)9-10-28(14)21-26-19-12-16(24)11-18(20(19)30-21)15-5-7-17(25)8-6-15/h5-8,11-12,14H,9-10,13H2,1-4H3/t14-/m0/s1. The maximum absolute atomic E-state index is 13.4. The number of piperazine rings is 1. The van der Waals surface area contributed by atoms with Gasteiger partial charge in [-0.05, 0) is 57.5 Å². The molecule has 1 atom stereocenters. The molecule has 0 N–H and O–H groups in total. The monoisotopic (exact) mass is 445 g/mol. The van der Waals surface area contributed by atoms with Crippen LogP contribution in [0.2, 0.25) is 5.02 Å². The average molecular weight is 446 g/mol. The van der Waals surface area contributed by atoms with E-state index in [1.807, 2.05) is 32.6 Å². The predicted octanol–water partition coefficient (Wildman–Crippen LogP) is 5.73. The molecule has 4 rings (SSSR count). The first-order valence-corrected chi connectivity index (χ1v) is 10.6. The van der Waals surface area contributed by atoms with Crippen molar-refractivity contribution < 1.29 is 18.3 Å². The molecular formula is C23H25ClFN3O3. The second-order valence-corrected chi connectivity index (χ2v) is 9.21. The molecule has 6 nitrogen and oxygen atoms in total. The molecule has 2 aromatic carbocycles. The van der Waals surface area contributed by atoms with Crippen LogP contribution in [0.3, 0.4) is 0 Å². The fraction of sp³-hybridized carbons (Fsp3) is 0.391. The summed E-state index contributed by atoms with van der Waals surface area (Å²) in [4.78, 5) is 20.8. The van der Waals surface area contributed by atoms with Gasteiger partial charge in [-0.2, -0.15) is 4.98 Å².